The second-order valence-electron chi connectivity index (χ2n) is 13.6. The highest BCUT2D eigenvalue weighted by atomic mass is 31.2. The molecule has 10 heteroatoms. The van der Waals surface area contributed by atoms with E-state index in [-0.39, 0.29) is 25.6 Å². The topological polar surface area (TPSA) is 140 Å². The first-order valence-corrected chi connectivity index (χ1v) is 20.9. The number of unbranched alkanes of at least 4 members (excludes halogenated alkanes) is 12. The Hall–Kier alpha value is -2.03. The maximum atomic E-state index is 12.4. The molecule has 0 aliphatic heterocycles. The summed E-state index contributed by atoms with van der Waals surface area (Å²) in [7, 11) is -4.77. The van der Waals surface area contributed by atoms with Crippen molar-refractivity contribution in [1.29, 1.82) is 0 Å². The average Bonchev–Trinajstić information content (AvgIpc) is 3.06. The lowest BCUT2D eigenvalue weighted by molar-refractivity contribution is -0.161. The number of hydrogen-bond donors (Lipinski definition) is 3. The summed E-state index contributed by atoms with van der Waals surface area (Å²) in [5.74, 6) is -0.174. The molecular weight excluding hydrogens is 655 g/mol. The second kappa shape index (κ2) is 34.1. The number of hydrogen-bond acceptors (Lipinski definition) is 7. The van der Waals surface area contributed by atoms with Crippen molar-refractivity contribution < 1.29 is 43.0 Å². The summed E-state index contributed by atoms with van der Waals surface area (Å²) in [6.45, 7) is 5.78. The van der Waals surface area contributed by atoms with Gasteiger partial charge in [0.25, 0.3) is 0 Å². The Balaban J connectivity index is 4.09. The minimum atomic E-state index is -4.77. The van der Waals surface area contributed by atoms with Crippen LogP contribution in [0.15, 0.2) is 48.6 Å². The molecule has 0 bridgehead atoms. The van der Waals surface area contributed by atoms with Crippen LogP contribution in [0.1, 0.15) is 162 Å². The Kier molecular flexibility index (Phi) is 32.7. The fourth-order valence-electron chi connectivity index (χ4n) is 5.16. The van der Waals surface area contributed by atoms with E-state index in [9.17, 15) is 19.3 Å². The van der Waals surface area contributed by atoms with Gasteiger partial charge in [-0.25, -0.2) is 4.57 Å². The predicted octanol–water partition coefficient (Wildman–Crippen LogP) is 10.4. The Labute approximate surface area is 304 Å². The van der Waals surface area contributed by atoms with E-state index in [1.165, 1.54) is 51.4 Å². The largest absolute Gasteiger partial charge is 0.469 e. The van der Waals surface area contributed by atoms with E-state index < -0.39 is 32.5 Å². The Morgan fingerprint density at radius 3 is 1.72 bits per heavy atom. The van der Waals surface area contributed by atoms with E-state index in [0.29, 0.717) is 19.3 Å². The van der Waals surface area contributed by atoms with Gasteiger partial charge in [-0.3, -0.25) is 14.1 Å². The van der Waals surface area contributed by atoms with E-state index in [2.05, 4.69) is 49.6 Å². The maximum Gasteiger partial charge on any atom is 0.469 e. The van der Waals surface area contributed by atoms with E-state index in [1.54, 1.807) is 0 Å². The lowest BCUT2D eigenvalue weighted by Crippen LogP contribution is -2.29. The molecule has 0 aromatic carbocycles. The Morgan fingerprint density at radius 1 is 0.640 bits per heavy atom. The van der Waals surface area contributed by atoms with E-state index in [4.69, 9.17) is 19.3 Å². The van der Waals surface area contributed by atoms with Gasteiger partial charge in [0, 0.05) is 12.8 Å². The standard InChI is InChI=1S/C40H71O9P/c1-4-5-30-37(41)31-26-22-18-14-10-6-7-11-15-19-23-27-32-39(42)47-34-38(35-48-50(44,45)46)49-40(43)33-28-24-20-16-12-8-9-13-17-21-25-29-36(2)3/h6-7,14-15,18-19,26,31,36-38,41H,4-5,8-13,16-17,20-25,27-30,32-35H2,1-3H3,(H2,44,45,46)/b7-6-,18-14-,19-15-,31-26-/t37-,38+/m0/s1. The molecule has 0 amide bonds. The van der Waals surface area contributed by atoms with Crippen LogP contribution in [0.2, 0.25) is 0 Å². The number of carbonyl (C=O) groups is 2. The highest BCUT2D eigenvalue weighted by Gasteiger charge is 2.22. The number of esters is 2. The molecule has 9 nitrogen and oxygen atoms in total. The van der Waals surface area contributed by atoms with Crippen molar-refractivity contribution in [1.82, 2.24) is 0 Å². The number of aliphatic hydroxyl groups is 1. The number of phosphoric acid groups is 1. The molecule has 0 spiro atoms. The Morgan fingerprint density at radius 2 is 1.16 bits per heavy atom. The maximum absolute atomic E-state index is 12.4. The minimum absolute atomic E-state index is 0.174. The van der Waals surface area contributed by atoms with Gasteiger partial charge in [0.1, 0.15) is 6.61 Å². The summed E-state index contributed by atoms with van der Waals surface area (Å²) in [6.07, 6.45) is 36.1. The molecule has 0 rings (SSSR count). The number of allylic oxidation sites excluding steroid dienone is 7. The number of rotatable bonds is 34. The first kappa shape index (κ1) is 48.0. The molecule has 0 aliphatic rings. The number of aliphatic hydroxyl groups excluding tert-OH is 1. The second-order valence-corrected chi connectivity index (χ2v) is 14.8. The molecule has 290 valence electrons. The third kappa shape index (κ3) is 37.2. The molecule has 3 N–H and O–H groups in total. The molecule has 0 radical (unpaired) electrons. The molecule has 0 aromatic heterocycles. The van der Waals surface area contributed by atoms with Gasteiger partial charge in [-0.05, 0) is 50.9 Å². The number of ether oxygens (including phenoxy) is 2. The summed E-state index contributed by atoms with van der Waals surface area (Å²) in [6, 6.07) is 0. The fourth-order valence-corrected chi connectivity index (χ4v) is 5.52. The zero-order valence-electron chi connectivity index (χ0n) is 31.6. The molecule has 2 atom stereocenters. The van der Waals surface area contributed by atoms with Crippen LogP contribution in [0.3, 0.4) is 0 Å². The van der Waals surface area contributed by atoms with Crippen LogP contribution >= 0.6 is 7.82 Å². The van der Waals surface area contributed by atoms with Gasteiger partial charge in [-0.1, -0.05) is 153 Å². The van der Waals surface area contributed by atoms with Crippen LogP contribution in [-0.2, 0) is 28.2 Å². The summed E-state index contributed by atoms with van der Waals surface area (Å²) in [5.41, 5.74) is 0. The molecule has 0 heterocycles. The fraction of sp³-hybridized carbons (Fsp3) is 0.750. The minimum Gasteiger partial charge on any atom is -0.462 e. The highest BCUT2D eigenvalue weighted by Crippen LogP contribution is 2.36. The van der Waals surface area contributed by atoms with Crippen molar-refractivity contribution in [3.05, 3.63) is 48.6 Å². The lowest BCUT2D eigenvalue weighted by atomic mass is 10.0. The number of carbonyl (C=O) groups excluding carboxylic acids is 2. The van der Waals surface area contributed by atoms with Gasteiger partial charge >= 0.3 is 19.8 Å². The number of phosphoric ester groups is 1. The van der Waals surface area contributed by atoms with Gasteiger partial charge < -0.3 is 24.4 Å². The SMILES string of the molecule is CCCC[C@H](O)/C=C\C/C=C\C/C=C\C/C=C\CCCC(=O)OC[C@H](COP(=O)(O)O)OC(=O)CCCCCCCCCCCCCC(C)C. The van der Waals surface area contributed by atoms with Gasteiger partial charge in [0.05, 0.1) is 12.7 Å². The van der Waals surface area contributed by atoms with Crippen molar-refractivity contribution in [2.24, 2.45) is 5.92 Å². The zero-order valence-corrected chi connectivity index (χ0v) is 32.5. The summed E-state index contributed by atoms with van der Waals surface area (Å²) < 4.78 is 26.3. The van der Waals surface area contributed by atoms with Gasteiger partial charge in [0.15, 0.2) is 6.10 Å². The molecule has 0 unspecified atom stereocenters. The predicted molar refractivity (Wildman–Crippen MR) is 203 cm³/mol. The van der Waals surface area contributed by atoms with Crippen LogP contribution in [0.4, 0.5) is 0 Å². The lowest BCUT2D eigenvalue weighted by Gasteiger charge is -2.18. The van der Waals surface area contributed by atoms with Crippen LogP contribution in [0, 0.1) is 5.92 Å². The van der Waals surface area contributed by atoms with E-state index in [1.807, 2.05) is 24.3 Å². The van der Waals surface area contributed by atoms with Crippen molar-refractivity contribution >= 4 is 19.8 Å². The summed E-state index contributed by atoms with van der Waals surface area (Å²) in [5, 5.41) is 9.78. The summed E-state index contributed by atoms with van der Waals surface area (Å²) >= 11 is 0. The van der Waals surface area contributed by atoms with Crippen LogP contribution < -0.4 is 0 Å². The monoisotopic (exact) mass is 726 g/mol. The van der Waals surface area contributed by atoms with Crippen molar-refractivity contribution in [3.63, 3.8) is 0 Å². The highest BCUT2D eigenvalue weighted by molar-refractivity contribution is 7.46. The third-order valence-corrected chi connectivity index (χ3v) is 8.58. The molecule has 0 aromatic rings. The normalized spacial score (nSPS) is 13.7. The molecule has 0 aliphatic carbocycles. The van der Waals surface area contributed by atoms with Crippen molar-refractivity contribution in [2.75, 3.05) is 13.2 Å². The van der Waals surface area contributed by atoms with Crippen LogP contribution in [-0.4, -0.2) is 52.3 Å². The molecule has 50 heavy (non-hydrogen) atoms. The third-order valence-electron chi connectivity index (χ3n) is 8.10. The van der Waals surface area contributed by atoms with Crippen molar-refractivity contribution in [3.8, 4) is 0 Å². The van der Waals surface area contributed by atoms with Gasteiger partial charge in [-0.2, -0.15) is 0 Å². The first-order valence-electron chi connectivity index (χ1n) is 19.4. The first-order chi connectivity index (χ1) is 24.0. The van der Waals surface area contributed by atoms with Gasteiger partial charge in [0.2, 0.25) is 0 Å². The van der Waals surface area contributed by atoms with E-state index in [0.717, 1.165) is 63.7 Å². The van der Waals surface area contributed by atoms with Crippen molar-refractivity contribution in [2.45, 2.75) is 174 Å². The van der Waals surface area contributed by atoms with Crippen LogP contribution in [0.5, 0.6) is 0 Å². The zero-order chi connectivity index (χ0) is 37.1. The molecule has 0 saturated heterocycles. The summed E-state index contributed by atoms with van der Waals surface area (Å²) in [4.78, 5) is 42.7. The van der Waals surface area contributed by atoms with Crippen LogP contribution in [0.25, 0.3) is 0 Å². The quantitative estimate of drug-likeness (QED) is 0.0256. The molecule has 0 fully saturated rings. The molecular formula is C40H71O9P. The van der Waals surface area contributed by atoms with Gasteiger partial charge in [-0.15, -0.1) is 0 Å². The smallest absolute Gasteiger partial charge is 0.462 e. The average molecular weight is 727 g/mol. The van der Waals surface area contributed by atoms with E-state index >= 15 is 0 Å². The molecule has 0 saturated carbocycles. The Bertz CT molecular complexity index is 983.